The van der Waals surface area contributed by atoms with Crippen molar-refractivity contribution in [1.82, 2.24) is 14.6 Å². The van der Waals surface area contributed by atoms with Crippen molar-refractivity contribution in [3.8, 4) is 0 Å². The minimum absolute atomic E-state index is 0.329. The molecule has 0 saturated carbocycles. The van der Waals surface area contributed by atoms with Crippen LogP contribution < -0.4 is 10.0 Å². The van der Waals surface area contributed by atoms with Crippen LogP contribution in [0.15, 0.2) is 17.2 Å². The second kappa shape index (κ2) is 6.18. The quantitative estimate of drug-likeness (QED) is 0.716. The zero-order valence-electron chi connectivity index (χ0n) is 10.7. The molecule has 1 rings (SSSR count). The smallest absolute Gasteiger partial charge is 0.241 e. The molecule has 0 amide bonds. The standard InChI is InChI=1S/C11H21N3O2S/c1-4-6-13-8-10-7-11(9-14(10)5-2)17(15,16)12-3/h7,9,12-13H,4-6,8H2,1-3H3. The number of rotatable bonds is 7. The Labute approximate surface area is 103 Å². The maximum Gasteiger partial charge on any atom is 0.241 e. The maximum absolute atomic E-state index is 11.7. The zero-order chi connectivity index (χ0) is 12.9. The first-order chi connectivity index (χ1) is 8.05. The highest BCUT2D eigenvalue weighted by Gasteiger charge is 2.15. The summed E-state index contributed by atoms with van der Waals surface area (Å²) in [5.74, 6) is 0. The van der Waals surface area contributed by atoms with E-state index in [2.05, 4.69) is 17.0 Å². The monoisotopic (exact) mass is 259 g/mol. The first kappa shape index (κ1) is 14.2. The molecule has 6 heteroatoms. The number of hydrogen-bond donors (Lipinski definition) is 2. The Kier molecular flexibility index (Phi) is 5.17. The summed E-state index contributed by atoms with van der Waals surface area (Å²) in [6.45, 7) is 6.49. The molecule has 0 aromatic carbocycles. The molecule has 0 fully saturated rings. The summed E-state index contributed by atoms with van der Waals surface area (Å²) < 4.78 is 27.6. The van der Waals surface area contributed by atoms with Crippen molar-refractivity contribution in [1.29, 1.82) is 0 Å². The fourth-order valence-electron chi connectivity index (χ4n) is 1.63. The van der Waals surface area contributed by atoms with Crippen LogP contribution in [0, 0.1) is 0 Å². The molecule has 0 aliphatic rings. The van der Waals surface area contributed by atoms with Crippen LogP contribution in [0.2, 0.25) is 0 Å². The fraction of sp³-hybridized carbons (Fsp3) is 0.636. The van der Waals surface area contributed by atoms with E-state index >= 15 is 0 Å². The van der Waals surface area contributed by atoms with E-state index < -0.39 is 10.0 Å². The lowest BCUT2D eigenvalue weighted by Crippen LogP contribution is -2.18. The Bertz CT molecular complexity index is 451. The third kappa shape index (κ3) is 3.55. The molecule has 98 valence electrons. The summed E-state index contributed by atoms with van der Waals surface area (Å²) >= 11 is 0. The van der Waals surface area contributed by atoms with E-state index in [1.54, 1.807) is 12.3 Å². The predicted octanol–water partition coefficient (Wildman–Crippen LogP) is 0.916. The molecule has 0 saturated heterocycles. The van der Waals surface area contributed by atoms with E-state index in [1.165, 1.54) is 7.05 Å². The highest BCUT2D eigenvalue weighted by molar-refractivity contribution is 7.89. The highest BCUT2D eigenvalue weighted by Crippen LogP contribution is 2.14. The molecule has 17 heavy (non-hydrogen) atoms. The second-order valence-electron chi connectivity index (χ2n) is 3.84. The summed E-state index contributed by atoms with van der Waals surface area (Å²) in [4.78, 5) is 0.329. The molecule has 1 aromatic heterocycles. The van der Waals surface area contributed by atoms with Crippen molar-refractivity contribution in [2.75, 3.05) is 13.6 Å². The van der Waals surface area contributed by atoms with Gasteiger partial charge in [-0.05, 0) is 33.0 Å². The summed E-state index contributed by atoms with van der Waals surface area (Å²) in [5.41, 5.74) is 0.995. The molecule has 0 aliphatic heterocycles. The van der Waals surface area contributed by atoms with Crippen molar-refractivity contribution < 1.29 is 8.42 Å². The molecule has 1 aromatic rings. The molecular weight excluding hydrogens is 238 g/mol. The van der Waals surface area contributed by atoms with Crippen molar-refractivity contribution in [2.45, 2.75) is 38.3 Å². The number of sulfonamides is 1. The lowest BCUT2D eigenvalue weighted by molar-refractivity contribution is 0.587. The van der Waals surface area contributed by atoms with Crippen LogP contribution in [0.3, 0.4) is 0 Å². The van der Waals surface area contributed by atoms with Gasteiger partial charge >= 0.3 is 0 Å². The number of aryl methyl sites for hydroxylation is 1. The Morgan fingerprint density at radius 3 is 2.59 bits per heavy atom. The first-order valence-corrected chi connectivity index (χ1v) is 7.36. The van der Waals surface area contributed by atoms with Gasteiger partial charge in [0.05, 0.1) is 4.90 Å². The Morgan fingerprint density at radius 1 is 1.35 bits per heavy atom. The minimum atomic E-state index is -3.34. The molecule has 1 heterocycles. The van der Waals surface area contributed by atoms with Gasteiger partial charge in [-0.15, -0.1) is 0 Å². The topological polar surface area (TPSA) is 63.1 Å². The predicted molar refractivity (Wildman–Crippen MR) is 68.3 cm³/mol. The van der Waals surface area contributed by atoms with E-state index in [9.17, 15) is 8.42 Å². The lowest BCUT2D eigenvalue weighted by Gasteiger charge is -2.06. The summed E-state index contributed by atoms with van der Waals surface area (Å²) in [6, 6.07) is 1.72. The van der Waals surface area contributed by atoms with E-state index in [0.717, 1.165) is 25.2 Å². The number of hydrogen-bond acceptors (Lipinski definition) is 3. The van der Waals surface area contributed by atoms with Crippen LogP contribution in [0.5, 0.6) is 0 Å². The molecule has 0 bridgehead atoms. The maximum atomic E-state index is 11.7. The van der Waals surface area contributed by atoms with Crippen molar-refractivity contribution in [3.05, 3.63) is 18.0 Å². The Morgan fingerprint density at radius 2 is 2.06 bits per heavy atom. The second-order valence-corrected chi connectivity index (χ2v) is 5.72. The number of nitrogens with zero attached hydrogens (tertiary/aromatic N) is 1. The Hall–Kier alpha value is -0.850. The van der Waals surface area contributed by atoms with Crippen LogP contribution >= 0.6 is 0 Å². The molecule has 5 nitrogen and oxygen atoms in total. The molecule has 0 aliphatic carbocycles. The van der Waals surface area contributed by atoms with Crippen molar-refractivity contribution in [3.63, 3.8) is 0 Å². The average molecular weight is 259 g/mol. The Balaban J connectivity index is 2.91. The lowest BCUT2D eigenvalue weighted by atomic mass is 10.4. The summed E-state index contributed by atoms with van der Waals surface area (Å²) in [7, 11) is -1.91. The van der Waals surface area contributed by atoms with Gasteiger partial charge in [0, 0.05) is 25.0 Å². The summed E-state index contributed by atoms with van der Waals surface area (Å²) in [6.07, 6.45) is 2.74. The van der Waals surface area contributed by atoms with Gasteiger partial charge in [0.2, 0.25) is 10.0 Å². The van der Waals surface area contributed by atoms with Gasteiger partial charge in [-0.2, -0.15) is 0 Å². The van der Waals surface area contributed by atoms with Crippen molar-refractivity contribution in [2.24, 2.45) is 0 Å². The van der Waals surface area contributed by atoms with Gasteiger partial charge in [-0.1, -0.05) is 6.92 Å². The number of nitrogens with one attached hydrogen (secondary N) is 2. The molecular formula is C11H21N3O2S. The minimum Gasteiger partial charge on any atom is -0.349 e. The van der Waals surface area contributed by atoms with Crippen LogP contribution in [-0.2, 0) is 23.1 Å². The number of aromatic nitrogens is 1. The first-order valence-electron chi connectivity index (χ1n) is 5.88. The third-order valence-corrected chi connectivity index (χ3v) is 3.99. The fourth-order valence-corrected chi connectivity index (χ4v) is 2.42. The van der Waals surface area contributed by atoms with Crippen molar-refractivity contribution >= 4 is 10.0 Å². The van der Waals surface area contributed by atoms with Gasteiger partial charge in [0.1, 0.15) is 0 Å². The van der Waals surface area contributed by atoms with E-state index in [-0.39, 0.29) is 0 Å². The molecule has 0 spiro atoms. The SMILES string of the molecule is CCCNCc1cc(S(=O)(=O)NC)cn1CC. The largest absolute Gasteiger partial charge is 0.349 e. The third-order valence-electron chi connectivity index (χ3n) is 2.61. The molecule has 0 atom stereocenters. The average Bonchev–Trinajstić information content (AvgIpc) is 2.73. The van der Waals surface area contributed by atoms with Crippen LogP contribution in [0.1, 0.15) is 26.0 Å². The van der Waals surface area contributed by atoms with Gasteiger partial charge in [-0.3, -0.25) is 0 Å². The van der Waals surface area contributed by atoms with Crippen LogP contribution in [0.25, 0.3) is 0 Å². The van der Waals surface area contributed by atoms with E-state index in [1.807, 2.05) is 11.5 Å². The molecule has 0 unspecified atom stereocenters. The molecule has 0 radical (unpaired) electrons. The van der Waals surface area contributed by atoms with Crippen LogP contribution in [-0.4, -0.2) is 26.6 Å². The van der Waals surface area contributed by atoms with Gasteiger partial charge < -0.3 is 9.88 Å². The highest BCUT2D eigenvalue weighted by atomic mass is 32.2. The molecule has 2 N–H and O–H groups in total. The summed E-state index contributed by atoms with van der Waals surface area (Å²) in [5, 5.41) is 3.27. The van der Waals surface area contributed by atoms with E-state index in [4.69, 9.17) is 0 Å². The van der Waals surface area contributed by atoms with Gasteiger partial charge in [-0.25, -0.2) is 13.1 Å². The zero-order valence-corrected chi connectivity index (χ0v) is 11.5. The van der Waals surface area contributed by atoms with E-state index in [0.29, 0.717) is 11.4 Å². The van der Waals surface area contributed by atoms with Crippen LogP contribution in [0.4, 0.5) is 0 Å². The van der Waals surface area contributed by atoms with Gasteiger partial charge in [0.25, 0.3) is 0 Å². The van der Waals surface area contributed by atoms with Gasteiger partial charge in [0.15, 0.2) is 0 Å². The normalized spacial score (nSPS) is 11.9.